The van der Waals surface area contributed by atoms with Gasteiger partial charge in [-0.2, -0.15) is 0 Å². The molecule has 19 heavy (non-hydrogen) atoms. The molecule has 5 nitrogen and oxygen atoms in total. The van der Waals surface area contributed by atoms with E-state index >= 15 is 0 Å². The van der Waals surface area contributed by atoms with E-state index in [0.717, 1.165) is 22.0 Å². The van der Waals surface area contributed by atoms with Crippen LogP contribution >= 0.6 is 0 Å². The van der Waals surface area contributed by atoms with Crippen LogP contribution < -0.4 is 10.0 Å². The predicted molar refractivity (Wildman–Crippen MR) is 77.5 cm³/mol. The fourth-order valence-corrected chi connectivity index (χ4v) is 2.85. The number of aromatic nitrogens is 1. The van der Waals surface area contributed by atoms with Crippen LogP contribution in [0, 0.1) is 0 Å². The fraction of sp³-hybridized carbons (Fsp3) is 0.385. The summed E-state index contributed by atoms with van der Waals surface area (Å²) in [5.41, 5.74) is 2.94. The van der Waals surface area contributed by atoms with E-state index in [1.807, 2.05) is 31.4 Å². The van der Waals surface area contributed by atoms with Crippen LogP contribution in [0.15, 0.2) is 24.4 Å². The Hall–Kier alpha value is -1.37. The highest BCUT2D eigenvalue weighted by molar-refractivity contribution is 7.88. The van der Waals surface area contributed by atoms with E-state index in [1.165, 1.54) is 7.05 Å². The summed E-state index contributed by atoms with van der Waals surface area (Å²) < 4.78 is 25.5. The van der Waals surface area contributed by atoms with Crippen LogP contribution in [0.5, 0.6) is 0 Å². The van der Waals surface area contributed by atoms with Gasteiger partial charge >= 0.3 is 0 Å². The van der Waals surface area contributed by atoms with Crippen molar-refractivity contribution >= 4 is 20.9 Å². The molecule has 1 atom stereocenters. The van der Waals surface area contributed by atoms with Crippen molar-refractivity contribution in [2.75, 3.05) is 14.1 Å². The lowest BCUT2D eigenvalue weighted by atomic mass is 10.1. The van der Waals surface area contributed by atoms with Crippen molar-refractivity contribution in [3.63, 3.8) is 0 Å². The van der Waals surface area contributed by atoms with Crippen LogP contribution in [0.1, 0.15) is 24.1 Å². The average Bonchev–Trinajstić information content (AvgIpc) is 2.80. The SMILES string of the molecule is CNC(C)c1c[nH]c2ccc(CS(=O)(=O)NC)cc12. The molecule has 1 aromatic heterocycles. The molecule has 2 rings (SSSR count). The summed E-state index contributed by atoms with van der Waals surface area (Å²) in [7, 11) is 0.0921. The maximum absolute atomic E-state index is 11.6. The second kappa shape index (κ2) is 5.32. The number of H-pyrrole nitrogens is 1. The molecule has 0 bridgehead atoms. The molecule has 0 aliphatic heterocycles. The van der Waals surface area contributed by atoms with E-state index < -0.39 is 10.0 Å². The number of benzene rings is 1. The molecule has 0 amide bonds. The molecular formula is C13H19N3O2S. The van der Waals surface area contributed by atoms with Gasteiger partial charge in [-0.15, -0.1) is 0 Å². The lowest BCUT2D eigenvalue weighted by Crippen LogP contribution is -2.20. The topological polar surface area (TPSA) is 74.0 Å². The number of rotatable bonds is 5. The first-order valence-corrected chi connectivity index (χ1v) is 7.80. The highest BCUT2D eigenvalue weighted by Gasteiger charge is 2.13. The molecule has 0 saturated carbocycles. The number of nitrogens with one attached hydrogen (secondary N) is 3. The summed E-state index contributed by atoms with van der Waals surface area (Å²) in [5, 5.41) is 4.25. The molecular weight excluding hydrogens is 262 g/mol. The molecule has 0 radical (unpaired) electrons. The smallest absolute Gasteiger partial charge is 0.215 e. The van der Waals surface area contributed by atoms with Gasteiger partial charge in [-0.3, -0.25) is 0 Å². The molecule has 0 aliphatic carbocycles. The zero-order valence-electron chi connectivity index (χ0n) is 11.3. The third-order valence-corrected chi connectivity index (χ3v) is 4.68. The number of hydrogen-bond donors (Lipinski definition) is 3. The van der Waals surface area contributed by atoms with Gasteiger partial charge in [0, 0.05) is 23.1 Å². The van der Waals surface area contributed by atoms with Gasteiger partial charge in [0.1, 0.15) is 0 Å². The molecule has 0 fully saturated rings. The molecule has 0 spiro atoms. The second-order valence-electron chi connectivity index (χ2n) is 4.60. The average molecular weight is 281 g/mol. The summed E-state index contributed by atoms with van der Waals surface area (Å²) in [6.07, 6.45) is 1.96. The van der Waals surface area contributed by atoms with Crippen molar-refractivity contribution in [3.05, 3.63) is 35.5 Å². The maximum atomic E-state index is 11.6. The van der Waals surface area contributed by atoms with Crippen LogP contribution in [-0.4, -0.2) is 27.5 Å². The summed E-state index contributed by atoms with van der Waals surface area (Å²) in [6.45, 7) is 2.07. The molecule has 0 saturated heterocycles. The van der Waals surface area contributed by atoms with Crippen molar-refractivity contribution in [2.45, 2.75) is 18.7 Å². The van der Waals surface area contributed by atoms with Crippen molar-refractivity contribution < 1.29 is 8.42 Å². The second-order valence-corrected chi connectivity index (χ2v) is 6.52. The fourth-order valence-electron chi connectivity index (χ4n) is 2.08. The van der Waals surface area contributed by atoms with Gasteiger partial charge in [0.2, 0.25) is 10.0 Å². The van der Waals surface area contributed by atoms with Crippen LogP contribution in [-0.2, 0) is 15.8 Å². The molecule has 104 valence electrons. The van der Waals surface area contributed by atoms with E-state index in [9.17, 15) is 8.42 Å². The zero-order chi connectivity index (χ0) is 14.0. The molecule has 3 N–H and O–H groups in total. The minimum atomic E-state index is -3.24. The van der Waals surface area contributed by atoms with Crippen LogP contribution in [0.2, 0.25) is 0 Å². The van der Waals surface area contributed by atoms with Crippen LogP contribution in [0.3, 0.4) is 0 Å². The highest BCUT2D eigenvalue weighted by atomic mass is 32.2. The van der Waals surface area contributed by atoms with Gasteiger partial charge in [-0.25, -0.2) is 13.1 Å². The summed E-state index contributed by atoms with van der Waals surface area (Å²) in [5.74, 6) is -0.00199. The van der Waals surface area contributed by atoms with Gasteiger partial charge in [0.25, 0.3) is 0 Å². The van der Waals surface area contributed by atoms with Crippen molar-refractivity contribution in [1.82, 2.24) is 15.0 Å². The first-order valence-electron chi connectivity index (χ1n) is 6.15. The zero-order valence-corrected chi connectivity index (χ0v) is 12.1. The number of sulfonamides is 1. The Morgan fingerprint density at radius 2 is 2.05 bits per heavy atom. The Bertz CT molecular complexity index is 676. The van der Waals surface area contributed by atoms with Gasteiger partial charge in [0.05, 0.1) is 5.75 Å². The monoisotopic (exact) mass is 281 g/mol. The number of hydrogen-bond acceptors (Lipinski definition) is 3. The number of fused-ring (bicyclic) bond motifs is 1. The quantitative estimate of drug-likeness (QED) is 0.777. The molecule has 0 aliphatic rings. The first kappa shape index (κ1) is 14.0. The number of aromatic amines is 1. The molecule has 2 aromatic rings. The Balaban J connectivity index is 2.44. The lowest BCUT2D eigenvalue weighted by molar-refractivity contribution is 0.587. The third-order valence-electron chi connectivity index (χ3n) is 3.35. The van der Waals surface area contributed by atoms with E-state index in [0.29, 0.717) is 0 Å². The molecule has 1 aromatic carbocycles. The van der Waals surface area contributed by atoms with Gasteiger partial charge in [-0.1, -0.05) is 6.07 Å². The summed E-state index contributed by atoms with van der Waals surface area (Å²) >= 11 is 0. The van der Waals surface area contributed by atoms with E-state index in [2.05, 4.69) is 21.9 Å². The normalized spacial score (nSPS) is 13.8. The van der Waals surface area contributed by atoms with Gasteiger partial charge < -0.3 is 10.3 Å². The largest absolute Gasteiger partial charge is 0.361 e. The Morgan fingerprint density at radius 1 is 1.32 bits per heavy atom. The van der Waals surface area contributed by atoms with E-state index in [-0.39, 0.29) is 11.8 Å². The van der Waals surface area contributed by atoms with Crippen molar-refractivity contribution in [1.29, 1.82) is 0 Å². The van der Waals surface area contributed by atoms with Gasteiger partial charge in [-0.05, 0) is 44.3 Å². The standard InChI is InChI=1S/C13H19N3O2S/c1-9(14-2)12-7-16-13-5-4-10(6-11(12)13)8-19(17,18)15-3/h4-7,9,14-16H,8H2,1-3H3. The minimum Gasteiger partial charge on any atom is -0.361 e. The van der Waals surface area contributed by atoms with Crippen molar-refractivity contribution in [2.24, 2.45) is 0 Å². The molecule has 6 heteroatoms. The summed E-state index contributed by atoms with van der Waals surface area (Å²) in [4.78, 5) is 3.20. The Kier molecular flexibility index (Phi) is 3.93. The third kappa shape index (κ3) is 2.97. The van der Waals surface area contributed by atoms with Crippen LogP contribution in [0.4, 0.5) is 0 Å². The Labute approximate surface area is 113 Å². The van der Waals surface area contributed by atoms with Crippen molar-refractivity contribution in [3.8, 4) is 0 Å². The molecule has 1 unspecified atom stereocenters. The predicted octanol–water partition coefficient (Wildman–Crippen LogP) is 1.50. The lowest BCUT2D eigenvalue weighted by Gasteiger charge is -2.09. The first-order chi connectivity index (χ1) is 8.96. The van der Waals surface area contributed by atoms with Crippen LogP contribution in [0.25, 0.3) is 10.9 Å². The minimum absolute atomic E-state index is 0.00199. The Morgan fingerprint density at radius 3 is 2.68 bits per heavy atom. The maximum Gasteiger partial charge on any atom is 0.215 e. The molecule has 1 heterocycles. The highest BCUT2D eigenvalue weighted by Crippen LogP contribution is 2.25. The van der Waals surface area contributed by atoms with E-state index in [1.54, 1.807) is 0 Å². The van der Waals surface area contributed by atoms with Gasteiger partial charge in [0.15, 0.2) is 0 Å². The van der Waals surface area contributed by atoms with E-state index in [4.69, 9.17) is 0 Å². The summed E-state index contributed by atoms with van der Waals surface area (Å²) in [6, 6.07) is 5.90.